The van der Waals surface area contributed by atoms with E-state index in [1.54, 1.807) is 11.0 Å². The van der Waals surface area contributed by atoms with Crippen LogP contribution in [-0.4, -0.2) is 28.3 Å². The van der Waals surface area contributed by atoms with Gasteiger partial charge in [-0.1, -0.05) is 65.8 Å². The van der Waals surface area contributed by atoms with Crippen molar-refractivity contribution < 1.29 is 14.3 Å². The molecule has 1 aliphatic heterocycles. The highest BCUT2D eigenvalue weighted by Gasteiger charge is 2.32. The van der Waals surface area contributed by atoms with Crippen LogP contribution in [0.2, 0.25) is 0 Å². The van der Waals surface area contributed by atoms with E-state index < -0.39 is 0 Å². The van der Waals surface area contributed by atoms with Crippen molar-refractivity contribution in [2.45, 2.75) is 20.4 Å². The second-order valence-corrected chi connectivity index (χ2v) is 8.06. The standard InChI is InChI=1S/C23H21NO3S2/c1-4-12-27-19-11-10-18(13-20(19)26-5-2)14-21-22(25)24(23(28)29-21)15-17-8-6-16(3)7-9-17/h1,6-11,13-14H,5,12,15H2,2-3H3/b21-14-. The summed E-state index contributed by atoms with van der Waals surface area (Å²) in [6, 6.07) is 13.6. The van der Waals surface area contributed by atoms with Gasteiger partial charge in [0.25, 0.3) is 5.91 Å². The number of thiocarbonyl (C=S) groups is 1. The zero-order valence-corrected chi connectivity index (χ0v) is 17.9. The average Bonchev–Trinajstić information content (AvgIpc) is 2.96. The average molecular weight is 424 g/mol. The van der Waals surface area contributed by atoms with E-state index in [-0.39, 0.29) is 12.5 Å². The van der Waals surface area contributed by atoms with Crippen LogP contribution in [0.25, 0.3) is 6.08 Å². The summed E-state index contributed by atoms with van der Waals surface area (Å²) < 4.78 is 11.7. The number of amides is 1. The van der Waals surface area contributed by atoms with Crippen LogP contribution in [0.15, 0.2) is 47.4 Å². The summed E-state index contributed by atoms with van der Waals surface area (Å²) in [4.78, 5) is 15.1. The van der Waals surface area contributed by atoms with Crippen LogP contribution in [0.3, 0.4) is 0 Å². The van der Waals surface area contributed by atoms with Crippen molar-refractivity contribution in [1.82, 2.24) is 4.90 Å². The maximum absolute atomic E-state index is 12.9. The molecule has 0 N–H and O–H groups in total. The topological polar surface area (TPSA) is 38.8 Å². The van der Waals surface area contributed by atoms with E-state index in [2.05, 4.69) is 5.92 Å². The first-order valence-electron chi connectivity index (χ1n) is 9.16. The molecular formula is C23H21NO3S2. The van der Waals surface area contributed by atoms with Crippen LogP contribution in [-0.2, 0) is 11.3 Å². The predicted molar refractivity (Wildman–Crippen MR) is 122 cm³/mol. The van der Waals surface area contributed by atoms with E-state index >= 15 is 0 Å². The summed E-state index contributed by atoms with van der Waals surface area (Å²) in [7, 11) is 0. The Labute approximate surface area is 180 Å². The molecule has 2 aromatic carbocycles. The molecule has 0 aliphatic carbocycles. The van der Waals surface area contributed by atoms with Crippen molar-refractivity contribution in [2.24, 2.45) is 0 Å². The lowest BCUT2D eigenvalue weighted by Gasteiger charge is -2.14. The molecule has 0 aromatic heterocycles. The molecule has 0 spiro atoms. The Balaban J connectivity index is 1.80. The molecule has 148 valence electrons. The number of ether oxygens (including phenoxy) is 2. The smallest absolute Gasteiger partial charge is 0.266 e. The Morgan fingerprint density at radius 1 is 1.17 bits per heavy atom. The van der Waals surface area contributed by atoms with E-state index in [4.69, 9.17) is 28.1 Å². The summed E-state index contributed by atoms with van der Waals surface area (Å²) in [5.74, 6) is 3.52. The monoisotopic (exact) mass is 423 g/mol. The van der Waals surface area contributed by atoms with E-state index in [1.807, 2.05) is 56.3 Å². The molecule has 6 heteroatoms. The highest BCUT2D eigenvalue weighted by Crippen LogP contribution is 2.35. The second kappa shape index (κ2) is 9.64. The van der Waals surface area contributed by atoms with E-state index in [1.165, 1.54) is 17.3 Å². The molecule has 29 heavy (non-hydrogen) atoms. The van der Waals surface area contributed by atoms with Crippen LogP contribution < -0.4 is 9.47 Å². The zero-order valence-electron chi connectivity index (χ0n) is 16.3. The number of hydrogen-bond donors (Lipinski definition) is 0. The van der Waals surface area contributed by atoms with Gasteiger partial charge < -0.3 is 9.47 Å². The Bertz CT molecular complexity index is 990. The molecular weight excluding hydrogens is 402 g/mol. The fourth-order valence-electron chi connectivity index (χ4n) is 2.79. The largest absolute Gasteiger partial charge is 0.490 e. The van der Waals surface area contributed by atoms with Gasteiger partial charge in [-0.3, -0.25) is 9.69 Å². The molecule has 4 nitrogen and oxygen atoms in total. The molecule has 1 amide bonds. The van der Waals surface area contributed by atoms with Crippen molar-refractivity contribution in [2.75, 3.05) is 13.2 Å². The van der Waals surface area contributed by atoms with Gasteiger partial charge in [0.2, 0.25) is 0 Å². The van der Waals surface area contributed by atoms with Gasteiger partial charge in [0.15, 0.2) is 11.5 Å². The maximum Gasteiger partial charge on any atom is 0.266 e. The molecule has 1 heterocycles. The Morgan fingerprint density at radius 3 is 2.62 bits per heavy atom. The number of rotatable bonds is 7. The number of aryl methyl sites for hydroxylation is 1. The van der Waals surface area contributed by atoms with E-state index in [0.29, 0.717) is 33.9 Å². The number of carbonyl (C=O) groups is 1. The maximum atomic E-state index is 12.9. The van der Waals surface area contributed by atoms with Gasteiger partial charge in [0.1, 0.15) is 10.9 Å². The summed E-state index contributed by atoms with van der Waals surface area (Å²) in [6.07, 6.45) is 7.08. The van der Waals surface area contributed by atoms with E-state index in [9.17, 15) is 4.79 Å². The third-order valence-electron chi connectivity index (χ3n) is 4.21. The van der Waals surface area contributed by atoms with Crippen molar-refractivity contribution in [1.29, 1.82) is 0 Å². The molecule has 0 atom stereocenters. The molecule has 0 saturated carbocycles. The first-order valence-corrected chi connectivity index (χ1v) is 10.4. The first kappa shape index (κ1) is 21.0. The number of nitrogens with zero attached hydrogens (tertiary/aromatic N) is 1. The third-order valence-corrected chi connectivity index (χ3v) is 5.59. The van der Waals surface area contributed by atoms with E-state index in [0.717, 1.165) is 11.1 Å². The van der Waals surface area contributed by atoms with Gasteiger partial charge in [-0.05, 0) is 43.2 Å². The summed E-state index contributed by atoms with van der Waals surface area (Å²) in [5.41, 5.74) is 3.05. The van der Waals surface area contributed by atoms with Crippen LogP contribution >= 0.6 is 24.0 Å². The Kier molecular flexibility index (Phi) is 6.97. The molecule has 2 aromatic rings. The lowest BCUT2D eigenvalue weighted by molar-refractivity contribution is -0.122. The highest BCUT2D eigenvalue weighted by atomic mass is 32.2. The number of benzene rings is 2. The Hall–Kier alpha value is -2.75. The van der Waals surface area contributed by atoms with Crippen molar-refractivity contribution >= 4 is 40.3 Å². The minimum atomic E-state index is -0.0915. The lowest BCUT2D eigenvalue weighted by atomic mass is 10.1. The Morgan fingerprint density at radius 2 is 1.93 bits per heavy atom. The van der Waals surface area contributed by atoms with Crippen molar-refractivity contribution in [3.63, 3.8) is 0 Å². The number of carbonyl (C=O) groups excluding carboxylic acids is 1. The normalized spacial score (nSPS) is 14.9. The zero-order chi connectivity index (χ0) is 20.8. The van der Waals surface area contributed by atoms with Crippen LogP contribution in [0.1, 0.15) is 23.6 Å². The van der Waals surface area contributed by atoms with Gasteiger partial charge in [-0.15, -0.1) is 6.42 Å². The van der Waals surface area contributed by atoms with Gasteiger partial charge in [0.05, 0.1) is 18.1 Å². The van der Waals surface area contributed by atoms with Crippen LogP contribution in [0.4, 0.5) is 0 Å². The summed E-state index contributed by atoms with van der Waals surface area (Å²) in [5, 5.41) is 0. The summed E-state index contributed by atoms with van der Waals surface area (Å²) >= 11 is 6.74. The number of thioether (sulfide) groups is 1. The quantitative estimate of drug-likeness (QED) is 0.363. The fourth-order valence-corrected chi connectivity index (χ4v) is 4.04. The molecule has 1 fully saturated rings. The fraction of sp³-hybridized carbons (Fsp3) is 0.217. The second-order valence-electron chi connectivity index (χ2n) is 6.39. The highest BCUT2D eigenvalue weighted by molar-refractivity contribution is 8.26. The van der Waals surface area contributed by atoms with Gasteiger partial charge >= 0.3 is 0 Å². The predicted octanol–water partition coefficient (Wildman–Crippen LogP) is 4.81. The van der Waals surface area contributed by atoms with Crippen molar-refractivity contribution in [3.8, 4) is 23.8 Å². The number of terminal acetylenes is 1. The van der Waals surface area contributed by atoms with Crippen LogP contribution in [0.5, 0.6) is 11.5 Å². The lowest BCUT2D eigenvalue weighted by Crippen LogP contribution is -2.27. The first-order chi connectivity index (χ1) is 14.0. The number of hydrogen-bond acceptors (Lipinski definition) is 5. The van der Waals surface area contributed by atoms with Gasteiger partial charge in [0, 0.05) is 0 Å². The molecule has 3 rings (SSSR count). The van der Waals surface area contributed by atoms with Crippen molar-refractivity contribution in [3.05, 3.63) is 64.1 Å². The third kappa shape index (κ3) is 5.20. The minimum Gasteiger partial charge on any atom is -0.490 e. The van der Waals surface area contributed by atoms with Gasteiger partial charge in [-0.25, -0.2) is 0 Å². The molecule has 0 radical (unpaired) electrons. The SMILES string of the molecule is C#CCOc1ccc(/C=C2\SC(=S)N(Cc3ccc(C)cc3)C2=O)cc1OCC. The molecule has 1 aliphatic rings. The molecule has 0 unspecified atom stereocenters. The van der Waals surface area contributed by atoms with Crippen LogP contribution in [0, 0.1) is 19.3 Å². The minimum absolute atomic E-state index is 0.0915. The molecule has 1 saturated heterocycles. The molecule has 0 bridgehead atoms. The van der Waals surface area contributed by atoms with Gasteiger partial charge in [-0.2, -0.15) is 0 Å². The summed E-state index contributed by atoms with van der Waals surface area (Å²) in [6.45, 7) is 5.05.